The van der Waals surface area contributed by atoms with Crippen LogP contribution in [0.5, 0.6) is 0 Å². The van der Waals surface area contributed by atoms with Crippen molar-refractivity contribution in [3.05, 3.63) is 46.2 Å². The lowest BCUT2D eigenvalue weighted by Crippen LogP contribution is -2.31. The molecule has 116 valence electrons. The first-order valence-electron chi connectivity index (χ1n) is 7.38. The number of carbonyl (C=O) groups excluding carboxylic acids is 1. The number of aryl methyl sites for hydroxylation is 1. The third-order valence-corrected chi connectivity index (χ3v) is 4.78. The number of carbonyl (C=O) groups is 1. The summed E-state index contributed by atoms with van der Waals surface area (Å²) < 4.78 is 0. The number of aromatic nitrogens is 2. The number of thiazole rings is 1. The van der Waals surface area contributed by atoms with E-state index in [-0.39, 0.29) is 11.8 Å². The summed E-state index contributed by atoms with van der Waals surface area (Å²) in [7, 11) is 0. The zero-order chi connectivity index (χ0) is 15.5. The van der Waals surface area contributed by atoms with Gasteiger partial charge in [0.25, 0.3) is 0 Å². The van der Waals surface area contributed by atoms with Crippen LogP contribution in [-0.4, -0.2) is 45.1 Å². The van der Waals surface area contributed by atoms with Crippen LogP contribution < -0.4 is 0 Å². The van der Waals surface area contributed by atoms with Crippen molar-refractivity contribution in [2.24, 2.45) is 5.92 Å². The second-order valence-corrected chi connectivity index (χ2v) is 6.75. The summed E-state index contributed by atoms with van der Waals surface area (Å²) in [6.45, 7) is 2.92. The summed E-state index contributed by atoms with van der Waals surface area (Å²) in [6, 6.07) is 5.77. The summed E-state index contributed by atoms with van der Waals surface area (Å²) in [6.07, 6.45) is 2.28. The van der Waals surface area contributed by atoms with Gasteiger partial charge in [-0.3, -0.25) is 9.78 Å². The Hall–Kier alpha value is -1.79. The fourth-order valence-corrected chi connectivity index (χ4v) is 3.41. The molecule has 0 spiro atoms. The molecule has 0 bridgehead atoms. The highest BCUT2D eigenvalue weighted by Crippen LogP contribution is 2.22. The summed E-state index contributed by atoms with van der Waals surface area (Å²) in [5.74, 6) is 0.0869. The van der Waals surface area contributed by atoms with Crippen molar-refractivity contribution in [3.8, 4) is 0 Å². The SMILES string of the molecule is Cc1nc(CC(=O)N2C[C@@H](Cc3ccccn3)[C@H](O)C2)cs1. The highest BCUT2D eigenvalue weighted by molar-refractivity contribution is 7.09. The van der Waals surface area contributed by atoms with Crippen molar-refractivity contribution < 1.29 is 9.90 Å². The number of rotatable bonds is 4. The van der Waals surface area contributed by atoms with E-state index in [9.17, 15) is 9.90 Å². The van der Waals surface area contributed by atoms with Gasteiger partial charge >= 0.3 is 0 Å². The molecule has 0 aliphatic carbocycles. The van der Waals surface area contributed by atoms with Gasteiger partial charge in [0.1, 0.15) is 0 Å². The van der Waals surface area contributed by atoms with Crippen LogP contribution in [0.4, 0.5) is 0 Å². The van der Waals surface area contributed by atoms with Gasteiger partial charge < -0.3 is 10.0 Å². The first-order valence-corrected chi connectivity index (χ1v) is 8.26. The van der Waals surface area contributed by atoms with E-state index in [0.29, 0.717) is 25.9 Å². The van der Waals surface area contributed by atoms with E-state index < -0.39 is 6.10 Å². The Labute approximate surface area is 133 Å². The molecule has 22 heavy (non-hydrogen) atoms. The van der Waals surface area contributed by atoms with E-state index in [0.717, 1.165) is 16.4 Å². The fourth-order valence-electron chi connectivity index (χ4n) is 2.80. The first kappa shape index (κ1) is 15.1. The lowest BCUT2D eigenvalue weighted by atomic mass is 10.00. The minimum absolute atomic E-state index is 0.0351. The minimum atomic E-state index is -0.483. The van der Waals surface area contributed by atoms with Crippen molar-refractivity contribution in [1.29, 1.82) is 0 Å². The van der Waals surface area contributed by atoms with Gasteiger partial charge in [-0.2, -0.15) is 0 Å². The molecular formula is C16H19N3O2S. The van der Waals surface area contributed by atoms with Crippen LogP contribution >= 0.6 is 11.3 Å². The molecule has 1 saturated heterocycles. The maximum absolute atomic E-state index is 12.3. The van der Waals surface area contributed by atoms with Crippen LogP contribution in [0.3, 0.4) is 0 Å². The van der Waals surface area contributed by atoms with E-state index in [1.807, 2.05) is 30.5 Å². The Morgan fingerprint density at radius 3 is 2.95 bits per heavy atom. The molecule has 3 rings (SSSR count). The van der Waals surface area contributed by atoms with Gasteiger partial charge in [0.15, 0.2) is 0 Å². The van der Waals surface area contributed by atoms with Gasteiger partial charge in [-0.05, 0) is 25.5 Å². The summed E-state index contributed by atoms with van der Waals surface area (Å²) in [4.78, 5) is 22.7. The molecule has 1 aliphatic rings. The van der Waals surface area contributed by atoms with E-state index in [4.69, 9.17) is 0 Å². The quantitative estimate of drug-likeness (QED) is 0.927. The topological polar surface area (TPSA) is 66.3 Å². The van der Waals surface area contributed by atoms with Gasteiger partial charge in [0, 0.05) is 36.3 Å². The molecule has 0 saturated carbocycles. The van der Waals surface area contributed by atoms with Crippen LogP contribution in [-0.2, 0) is 17.6 Å². The molecule has 2 atom stereocenters. The number of nitrogens with zero attached hydrogens (tertiary/aromatic N) is 3. The summed E-state index contributed by atoms with van der Waals surface area (Å²) in [5, 5.41) is 13.1. The number of hydrogen-bond acceptors (Lipinski definition) is 5. The number of aliphatic hydroxyl groups excluding tert-OH is 1. The molecule has 3 heterocycles. The lowest BCUT2D eigenvalue weighted by Gasteiger charge is -2.15. The predicted octanol–water partition coefficient (Wildman–Crippen LogP) is 1.45. The second kappa shape index (κ2) is 6.54. The van der Waals surface area contributed by atoms with Crippen LogP contribution in [0.1, 0.15) is 16.4 Å². The normalized spacial score (nSPS) is 21.3. The van der Waals surface area contributed by atoms with Crippen molar-refractivity contribution in [2.45, 2.75) is 25.9 Å². The molecule has 2 aromatic heterocycles. The molecule has 0 aromatic carbocycles. The Morgan fingerprint density at radius 1 is 1.41 bits per heavy atom. The number of pyridine rings is 1. The molecule has 1 aliphatic heterocycles. The largest absolute Gasteiger partial charge is 0.391 e. The maximum Gasteiger partial charge on any atom is 0.228 e. The smallest absolute Gasteiger partial charge is 0.228 e. The van der Waals surface area contributed by atoms with Crippen LogP contribution in [0, 0.1) is 12.8 Å². The van der Waals surface area contributed by atoms with Gasteiger partial charge in [-0.15, -0.1) is 11.3 Å². The molecule has 1 N–H and O–H groups in total. The highest BCUT2D eigenvalue weighted by atomic mass is 32.1. The molecule has 6 heteroatoms. The molecular weight excluding hydrogens is 298 g/mol. The van der Waals surface area contributed by atoms with Crippen molar-refractivity contribution in [1.82, 2.24) is 14.9 Å². The minimum Gasteiger partial charge on any atom is -0.391 e. The third-order valence-electron chi connectivity index (χ3n) is 3.96. The van der Waals surface area contributed by atoms with Crippen LogP contribution in [0.25, 0.3) is 0 Å². The summed E-state index contributed by atoms with van der Waals surface area (Å²) in [5.41, 5.74) is 1.77. The Balaban J connectivity index is 1.59. The fraction of sp³-hybridized carbons (Fsp3) is 0.438. The number of likely N-dealkylation sites (tertiary alicyclic amines) is 1. The zero-order valence-corrected chi connectivity index (χ0v) is 13.3. The first-order chi connectivity index (χ1) is 10.6. The van der Waals surface area contributed by atoms with Crippen molar-refractivity contribution in [2.75, 3.05) is 13.1 Å². The predicted molar refractivity (Wildman–Crippen MR) is 84.6 cm³/mol. The van der Waals surface area contributed by atoms with Gasteiger partial charge in [0.05, 0.1) is 23.2 Å². The molecule has 5 nitrogen and oxygen atoms in total. The van der Waals surface area contributed by atoms with Crippen molar-refractivity contribution >= 4 is 17.2 Å². The number of aliphatic hydroxyl groups is 1. The monoisotopic (exact) mass is 317 g/mol. The zero-order valence-electron chi connectivity index (χ0n) is 12.5. The molecule has 0 unspecified atom stereocenters. The van der Waals surface area contributed by atoms with Gasteiger partial charge in [0.2, 0.25) is 5.91 Å². The van der Waals surface area contributed by atoms with Crippen LogP contribution in [0.2, 0.25) is 0 Å². The molecule has 0 radical (unpaired) electrons. The van der Waals surface area contributed by atoms with E-state index in [1.165, 1.54) is 0 Å². The van der Waals surface area contributed by atoms with E-state index >= 15 is 0 Å². The lowest BCUT2D eigenvalue weighted by molar-refractivity contribution is -0.129. The highest BCUT2D eigenvalue weighted by Gasteiger charge is 2.34. The van der Waals surface area contributed by atoms with Gasteiger partial charge in [-0.25, -0.2) is 4.98 Å². The number of β-amino-alcohol motifs (C(OH)–C–C–N with tert-alkyl or cyclic N) is 1. The summed E-state index contributed by atoms with van der Waals surface area (Å²) >= 11 is 1.55. The third kappa shape index (κ3) is 3.51. The van der Waals surface area contributed by atoms with Crippen LogP contribution in [0.15, 0.2) is 29.8 Å². The van der Waals surface area contributed by atoms with E-state index in [1.54, 1.807) is 22.4 Å². The Morgan fingerprint density at radius 2 is 2.27 bits per heavy atom. The average Bonchev–Trinajstić information content (AvgIpc) is 3.07. The van der Waals surface area contributed by atoms with Crippen molar-refractivity contribution in [3.63, 3.8) is 0 Å². The molecule has 2 aromatic rings. The molecule has 1 fully saturated rings. The standard InChI is InChI=1S/C16H19N3O2S/c1-11-18-14(10-22-11)7-16(21)19-8-12(15(20)9-19)6-13-4-2-3-5-17-13/h2-5,10,12,15,20H,6-9H2,1H3/t12-,15-/m1/s1. The second-order valence-electron chi connectivity index (χ2n) is 5.69. The van der Waals surface area contributed by atoms with Gasteiger partial charge in [-0.1, -0.05) is 6.07 Å². The maximum atomic E-state index is 12.3. The number of hydrogen-bond donors (Lipinski definition) is 1. The molecule has 1 amide bonds. The van der Waals surface area contributed by atoms with E-state index in [2.05, 4.69) is 9.97 Å². The Kier molecular flexibility index (Phi) is 4.49. The number of amides is 1. The Bertz CT molecular complexity index is 644. The average molecular weight is 317 g/mol.